The molecule has 0 N–H and O–H groups in total. The Kier molecular flexibility index (Phi) is 5.09. The molecule has 1 aliphatic rings. The van der Waals surface area contributed by atoms with E-state index in [1.807, 2.05) is 0 Å². The van der Waals surface area contributed by atoms with Crippen LogP contribution in [0.25, 0.3) is 0 Å². The molecule has 0 aromatic carbocycles. The van der Waals surface area contributed by atoms with Gasteiger partial charge in [-0.25, -0.2) is 0 Å². The number of hydrogen-bond donors (Lipinski definition) is 0. The number of nitrogens with zero attached hydrogens (tertiary/aromatic N) is 2. The van der Waals surface area contributed by atoms with Crippen LogP contribution in [0.2, 0.25) is 0 Å². The molecular formula is C11H18N2O4. The topological polar surface area (TPSA) is 66.9 Å². The van der Waals surface area contributed by atoms with Gasteiger partial charge in [-0.2, -0.15) is 5.06 Å². The minimum Gasteiger partial charge on any atom is -0.341 e. The molecule has 1 saturated heterocycles. The van der Waals surface area contributed by atoms with Gasteiger partial charge in [-0.1, -0.05) is 0 Å². The number of carbonyl (C=O) groups is 3. The first kappa shape index (κ1) is 13.6. The van der Waals surface area contributed by atoms with E-state index in [1.165, 1.54) is 13.8 Å². The Morgan fingerprint density at radius 1 is 1.06 bits per heavy atom. The van der Waals surface area contributed by atoms with Gasteiger partial charge in [0.15, 0.2) is 6.61 Å². The Balaban J connectivity index is 2.40. The Morgan fingerprint density at radius 2 is 1.59 bits per heavy atom. The number of carbonyl (C=O) groups excluding carboxylic acids is 3. The molecule has 0 aromatic rings. The number of hydrogen-bond acceptors (Lipinski definition) is 4. The van der Waals surface area contributed by atoms with Crippen molar-refractivity contribution in [2.75, 3.05) is 19.7 Å². The predicted molar refractivity (Wildman–Crippen MR) is 59.6 cm³/mol. The predicted octanol–water partition coefficient (Wildman–Crippen LogP) is 0.325. The lowest BCUT2D eigenvalue weighted by Crippen LogP contribution is -2.41. The van der Waals surface area contributed by atoms with Gasteiger partial charge >= 0.3 is 0 Å². The van der Waals surface area contributed by atoms with E-state index in [4.69, 9.17) is 4.84 Å². The molecule has 0 aliphatic carbocycles. The summed E-state index contributed by atoms with van der Waals surface area (Å²) in [6, 6.07) is 0. The van der Waals surface area contributed by atoms with Gasteiger partial charge in [-0.3, -0.25) is 19.2 Å². The molecule has 6 heteroatoms. The maximum atomic E-state index is 11.7. The summed E-state index contributed by atoms with van der Waals surface area (Å²) in [5, 5.41) is 0.613. The van der Waals surface area contributed by atoms with Crippen molar-refractivity contribution in [3.63, 3.8) is 0 Å². The van der Waals surface area contributed by atoms with Gasteiger partial charge in [0.1, 0.15) is 0 Å². The van der Waals surface area contributed by atoms with Crippen LogP contribution in [0.5, 0.6) is 0 Å². The third-order valence-electron chi connectivity index (χ3n) is 2.60. The first-order chi connectivity index (χ1) is 8.02. The van der Waals surface area contributed by atoms with Crippen molar-refractivity contribution in [1.82, 2.24) is 9.96 Å². The Bertz CT molecular complexity index is 297. The quantitative estimate of drug-likeness (QED) is 0.669. The van der Waals surface area contributed by atoms with Crippen LogP contribution in [0.3, 0.4) is 0 Å². The summed E-state index contributed by atoms with van der Waals surface area (Å²) in [7, 11) is 0. The van der Waals surface area contributed by atoms with Gasteiger partial charge in [0.2, 0.25) is 11.8 Å². The lowest BCUT2D eigenvalue weighted by molar-refractivity contribution is -0.194. The molecule has 0 spiro atoms. The summed E-state index contributed by atoms with van der Waals surface area (Å²) in [5.41, 5.74) is 0. The standard InChI is InChI=1S/C11H18N2O4/c1-9(14)13(10(2)15)17-8-11(16)12-6-4-3-5-7-12/h3-8H2,1-2H3. The minimum atomic E-state index is -0.524. The third-order valence-corrected chi connectivity index (χ3v) is 2.60. The summed E-state index contributed by atoms with van der Waals surface area (Å²) in [4.78, 5) is 40.4. The van der Waals surface area contributed by atoms with Crippen molar-refractivity contribution in [2.24, 2.45) is 0 Å². The summed E-state index contributed by atoms with van der Waals surface area (Å²) >= 11 is 0. The second-order valence-corrected chi connectivity index (χ2v) is 4.05. The summed E-state index contributed by atoms with van der Waals surface area (Å²) in [5.74, 6) is -1.23. The Labute approximate surface area is 100 Å². The van der Waals surface area contributed by atoms with Crippen molar-refractivity contribution in [2.45, 2.75) is 33.1 Å². The normalized spacial score (nSPS) is 15.5. The highest BCUT2D eigenvalue weighted by molar-refractivity contribution is 5.91. The number of amides is 3. The van der Waals surface area contributed by atoms with Crippen LogP contribution in [-0.2, 0) is 19.2 Å². The van der Waals surface area contributed by atoms with Crippen LogP contribution in [-0.4, -0.2) is 47.4 Å². The summed E-state index contributed by atoms with van der Waals surface area (Å²) in [6.45, 7) is 3.61. The summed E-state index contributed by atoms with van der Waals surface area (Å²) in [6.07, 6.45) is 3.13. The molecule has 0 saturated carbocycles. The van der Waals surface area contributed by atoms with Crippen LogP contribution in [0.15, 0.2) is 0 Å². The molecule has 0 radical (unpaired) electrons. The number of imide groups is 1. The van der Waals surface area contributed by atoms with Gasteiger partial charge in [0.05, 0.1) is 0 Å². The van der Waals surface area contributed by atoms with E-state index in [0.29, 0.717) is 5.06 Å². The molecule has 0 bridgehead atoms. The Morgan fingerprint density at radius 3 is 2.06 bits per heavy atom. The zero-order valence-corrected chi connectivity index (χ0v) is 10.3. The maximum Gasteiger partial charge on any atom is 0.251 e. The zero-order chi connectivity index (χ0) is 12.8. The average Bonchev–Trinajstić information content (AvgIpc) is 2.29. The van der Waals surface area contributed by atoms with Crippen LogP contribution in [0.4, 0.5) is 0 Å². The average molecular weight is 242 g/mol. The first-order valence-corrected chi connectivity index (χ1v) is 5.74. The molecule has 96 valence electrons. The van der Waals surface area contributed by atoms with Crippen LogP contribution >= 0.6 is 0 Å². The number of likely N-dealkylation sites (tertiary alicyclic amines) is 1. The lowest BCUT2D eigenvalue weighted by atomic mass is 10.1. The van der Waals surface area contributed by atoms with Crippen LogP contribution in [0.1, 0.15) is 33.1 Å². The molecule has 1 heterocycles. The zero-order valence-electron chi connectivity index (χ0n) is 10.3. The van der Waals surface area contributed by atoms with E-state index < -0.39 is 11.8 Å². The second-order valence-electron chi connectivity index (χ2n) is 4.05. The van der Waals surface area contributed by atoms with E-state index >= 15 is 0 Å². The Hall–Kier alpha value is -1.43. The fourth-order valence-corrected chi connectivity index (χ4v) is 1.76. The van der Waals surface area contributed by atoms with Crippen LogP contribution in [0, 0.1) is 0 Å². The second kappa shape index (κ2) is 6.34. The molecule has 3 amide bonds. The van der Waals surface area contributed by atoms with E-state index in [1.54, 1.807) is 4.90 Å². The largest absolute Gasteiger partial charge is 0.341 e. The van der Waals surface area contributed by atoms with Gasteiger partial charge < -0.3 is 4.90 Å². The number of piperidine rings is 1. The lowest BCUT2D eigenvalue weighted by Gasteiger charge is -2.27. The highest BCUT2D eigenvalue weighted by atomic mass is 16.7. The molecule has 1 fully saturated rings. The van der Waals surface area contributed by atoms with Crippen molar-refractivity contribution in [3.05, 3.63) is 0 Å². The summed E-state index contributed by atoms with van der Waals surface area (Å²) < 4.78 is 0. The molecule has 1 rings (SSSR count). The van der Waals surface area contributed by atoms with Gasteiger partial charge in [-0.15, -0.1) is 0 Å². The van der Waals surface area contributed by atoms with E-state index in [9.17, 15) is 14.4 Å². The van der Waals surface area contributed by atoms with Crippen molar-refractivity contribution in [3.8, 4) is 0 Å². The molecule has 0 atom stereocenters. The van der Waals surface area contributed by atoms with E-state index in [0.717, 1.165) is 32.4 Å². The number of rotatable bonds is 3. The highest BCUT2D eigenvalue weighted by Gasteiger charge is 2.20. The molecule has 1 aliphatic heterocycles. The highest BCUT2D eigenvalue weighted by Crippen LogP contribution is 2.09. The minimum absolute atomic E-state index is 0.183. The van der Waals surface area contributed by atoms with Crippen molar-refractivity contribution >= 4 is 17.7 Å². The number of hydroxylamine groups is 2. The SMILES string of the molecule is CC(=O)N(OCC(=O)N1CCCCC1)C(C)=O. The third kappa shape index (κ3) is 4.14. The maximum absolute atomic E-state index is 11.7. The van der Waals surface area contributed by atoms with E-state index in [2.05, 4.69) is 0 Å². The first-order valence-electron chi connectivity index (χ1n) is 5.74. The molecule has 17 heavy (non-hydrogen) atoms. The fraction of sp³-hybridized carbons (Fsp3) is 0.727. The van der Waals surface area contributed by atoms with E-state index in [-0.39, 0.29) is 12.5 Å². The molecule has 0 unspecified atom stereocenters. The van der Waals surface area contributed by atoms with Gasteiger partial charge in [0, 0.05) is 26.9 Å². The van der Waals surface area contributed by atoms with Gasteiger partial charge in [0.25, 0.3) is 5.91 Å². The molecule has 0 aromatic heterocycles. The fourth-order valence-electron chi connectivity index (χ4n) is 1.76. The smallest absolute Gasteiger partial charge is 0.251 e. The van der Waals surface area contributed by atoms with Gasteiger partial charge in [-0.05, 0) is 19.3 Å². The monoisotopic (exact) mass is 242 g/mol. The molecule has 6 nitrogen and oxygen atoms in total. The van der Waals surface area contributed by atoms with Crippen molar-refractivity contribution < 1.29 is 19.2 Å². The van der Waals surface area contributed by atoms with Crippen LogP contribution < -0.4 is 0 Å². The van der Waals surface area contributed by atoms with Crippen molar-refractivity contribution in [1.29, 1.82) is 0 Å². The molecular weight excluding hydrogens is 224 g/mol.